The normalized spacial score (nSPS) is 10.8. The number of aromatic nitrogens is 3. The van der Waals surface area contributed by atoms with Crippen molar-refractivity contribution in [1.29, 1.82) is 0 Å². The van der Waals surface area contributed by atoms with Gasteiger partial charge in [0.25, 0.3) is 0 Å². The van der Waals surface area contributed by atoms with Crippen LogP contribution in [0.5, 0.6) is 0 Å². The third kappa shape index (κ3) is 4.31. The highest BCUT2D eigenvalue weighted by Crippen LogP contribution is 2.25. The number of nitrogens with one attached hydrogen (secondary N) is 1. The molecule has 0 aliphatic heterocycles. The molecule has 2 amide bonds. The lowest BCUT2D eigenvalue weighted by Gasteiger charge is -2.23. The van der Waals surface area contributed by atoms with Crippen molar-refractivity contribution in [3.63, 3.8) is 0 Å². The van der Waals surface area contributed by atoms with Gasteiger partial charge < -0.3 is 9.88 Å². The van der Waals surface area contributed by atoms with E-state index in [1.165, 1.54) is 0 Å². The zero-order valence-electron chi connectivity index (χ0n) is 15.7. The minimum atomic E-state index is -0.212. The van der Waals surface area contributed by atoms with Gasteiger partial charge >= 0.3 is 6.03 Å². The Labute approximate surface area is 163 Å². The molecule has 0 atom stereocenters. The summed E-state index contributed by atoms with van der Waals surface area (Å²) >= 11 is 1.55. The summed E-state index contributed by atoms with van der Waals surface area (Å²) in [7, 11) is 0. The maximum Gasteiger partial charge on any atom is 0.326 e. The van der Waals surface area contributed by atoms with E-state index in [-0.39, 0.29) is 12.1 Å². The summed E-state index contributed by atoms with van der Waals surface area (Å²) in [5.41, 5.74) is 1.60. The van der Waals surface area contributed by atoms with Crippen molar-refractivity contribution in [2.45, 2.75) is 31.6 Å². The first-order chi connectivity index (χ1) is 13.1. The van der Waals surface area contributed by atoms with Crippen molar-refractivity contribution >= 4 is 29.2 Å². The Morgan fingerprint density at radius 1 is 1.04 bits per heavy atom. The van der Waals surface area contributed by atoms with Gasteiger partial charge in [0.1, 0.15) is 0 Å². The van der Waals surface area contributed by atoms with E-state index in [2.05, 4.69) is 29.4 Å². The van der Waals surface area contributed by atoms with Crippen LogP contribution in [-0.2, 0) is 6.54 Å². The average Bonchev–Trinajstić information content (AvgIpc) is 3.11. The van der Waals surface area contributed by atoms with E-state index in [9.17, 15) is 4.79 Å². The Balaban J connectivity index is 1.83. The number of hydrogen-bond donors (Lipinski definition) is 1. The standard InChI is InChI=1S/C20H23N5OS/c1-15(2)24-18(22-23-20(24)27-3)14-21-19(26)25(16-10-6-4-7-11-16)17-12-8-5-9-13-17/h4-13,15H,14H2,1-3H3,(H,21,26). The number of nitrogens with zero attached hydrogens (tertiary/aromatic N) is 4. The highest BCUT2D eigenvalue weighted by atomic mass is 32.2. The lowest BCUT2D eigenvalue weighted by molar-refractivity contribution is 0.247. The zero-order valence-corrected chi connectivity index (χ0v) is 16.5. The summed E-state index contributed by atoms with van der Waals surface area (Å²) in [5, 5.41) is 12.3. The van der Waals surface area contributed by atoms with Crippen LogP contribution in [0.4, 0.5) is 16.2 Å². The number of thioether (sulfide) groups is 1. The number of anilines is 2. The van der Waals surface area contributed by atoms with Crippen LogP contribution in [-0.4, -0.2) is 27.1 Å². The molecular formula is C20H23N5OS. The van der Waals surface area contributed by atoms with Crippen molar-refractivity contribution in [1.82, 2.24) is 20.1 Å². The van der Waals surface area contributed by atoms with Gasteiger partial charge in [-0.15, -0.1) is 10.2 Å². The fourth-order valence-corrected chi connectivity index (χ4v) is 3.49. The highest BCUT2D eigenvalue weighted by molar-refractivity contribution is 7.98. The van der Waals surface area contributed by atoms with Crippen molar-refractivity contribution in [3.05, 3.63) is 66.5 Å². The number of benzene rings is 2. The quantitative estimate of drug-likeness (QED) is 0.633. The van der Waals surface area contributed by atoms with E-state index in [0.717, 1.165) is 22.4 Å². The molecular weight excluding hydrogens is 358 g/mol. The van der Waals surface area contributed by atoms with Gasteiger partial charge in [-0.05, 0) is 44.4 Å². The second kappa shape index (κ2) is 8.73. The summed E-state index contributed by atoms with van der Waals surface area (Å²) in [5.74, 6) is 0.740. The monoisotopic (exact) mass is 381 g/mol. The number of amides is 2. The van der Waals surface area contributed by atoms with Crippen LogP contribution < -0.4 is 10.2 Å². The Morgan fingerprint density at radius 3 is 2.07 bits per heavy atom. The molecule has 1 aromatic heterocycles. The van der Waals surface area contributed by atoms with Crippen molar-refractivity contribution in [3.8, 4) is 0 Å². The van der Waals surface area contributed by atoms with Crippen LogP contribution in [0, 0.1) is 0 Å². The molecule has 0 aliphatic rings. The summed E-state index contributed by atoms with van der Waals surface area (Å²) in [4.78, 5) is 14.7. The number of para-hydroxylation sites is 2. The predicted octanol–water partition coefficient (Wildman–Crippen LogP) is 4.63. The fourth-order valence-electron chi connectivity index (χ4n) is 2.86. The molecule has 0 spiro atoms. The minimum Gasteiger partial charge on any atom is -0.330 e. The molecule has 3 aromatic rings. The van der Waals surface area contributed by atoms with Crippen LogP contribution in [0.3, 0.4) is 0 Å². The Hall–Kier alpha value is -2.80. The van der Waals surface area contributed by atoms with Crippen molar-refractivity contribution in [2.75, 3.05) is 11.2 Å². The third-order valence-electron chi connectivity index (χ3n) is 4.06. The van der Waals surface area contributed by atoms with E-state index < -0.39 is 0 Å². The number of hydrogen-bond acceptors (Lipinski definition) is 4. The van der Waals surface area contributed by atoms with Gasteiger partial charge in [0.2, 0.25) is 0 Å². The van der Waals surface area contributed by atoms with Gasteiger partial charge in [0.05, 0.1) is 17.9 Å². The first kappa shape index (κ1) is 19.0. The average molecular weight is 382 g/mol. The van der Waals surface area contributed by atoms with Crippen LogP contribution in [0.2, 0.25) is 0 Å². The van der Waals surface area contributed by atoms with Gasteiger partial charge in [-0.25, -0.2) is 4.79 Å². The molecule has 3 rings (SSSR count). The summed E-state index contributed by atoms with van der Waals surface area (Å²) in [6.45, 7) is 4.46. The van der Waals surface area contributed by atoms with Crippen LogP contribution in [0.25, 0.3) is 0 Å². The molecule has 7 heteroatoms. The molecule has 0 radical (unpaired) electrons. The molecule has 27 heavy (non-hydrogen) atoms. The SMILES string of the molecule is CSc1nnc(CNC(=O)N(c2ccccc2)c2ccccc2)n1C(C)C. The lowest BCUT2D eigenvalue weighted by Crippen LogP contribution is -2.37. The van der Waals surface area contributed by atoms with Gasteiger partial charge in [-0.2, -0.15) is 0 Å². The maximum atomic E-state index is 13.0. The lowest BCUT2D eigenvalue weighted by atomic mass is 10.2. The number of urea groups is 1. The van der Waals surface area contributed by atoms with Crippen molar-refractivity contribution in [2.24, 2.45) is 0 Å². The fraction of sp³-hybridized carbons (Fsp3) is 0.250. The second-order valence-corrected chi connectivity index (χ2v) is 7.01. The van der Waals surface area contributed by atoms with Crippen molar-refractivity contribution < 1.29 is 4.79 Å². The molecule has 0 aliphatic carbocycles. The molecule has 1 heterocycles. The van der Waals surface area contributed by atoms with Gasteiger partial charge in [-0.1, -0.05) is 48.2 Å². The number of carbonyl (C=O) groups excluding carboxylic acids is 1. The molecule has 1 N–H and O–H groups in total. The summed E-state index contributed by atoms with van der Waals surface area (Å²) in [6, 6.07) is 19.2. The molecule has 140 valence electrons. The smallest absolute Gasteiger partial charge is 0.326 e. The molecule has 2 aromatic carbocycles. The number of rotatable bonds is 6. The van der Waals surface area contributed by atoms with Crippen LogP contribution >= 0.6 is 11.8 Å². The largest absolute Gasteiger partial charge is 0.330 e. The third-order valence-corrected chi connectivity index (χ3v) is 4.71. The van der Waals surface area contributed by atoms with E-state index in [1.54, 1.807) is 16.7 Å². The highest BCUT2D eigenvalue weighted by Gasteiger charge is 2.20. The maximum absolute atomic E-state index is 13.0. The van der Waals surface area contributed by atoms with Crippen LogP contribution in [0.1, 0.15) is 25.7 Å². The first-order valence-corrected chi connectivity index (χ1v) is 10.00. The predicted molar refractivity (Wildman–Crippen MR) is 109 cm³/mol. The molecule has 6 nitrogen and oxygen atoms in total. The summed E-state index contributed by atoms with van der Waals surface area (Å²) < 4.78 is 2.04. The molecule has 0 bridgehead atoms. The summed E-state index contributed by atoms with van der Waals surface area (Å²) in [6.07, 6.45) is 1.97. The molecule has 0 saturated heterocycles. The van der Waals surface area contributed by atoms with E-state index in [0.29, 0.717) is 6.54 Å². The second-order valence-electron chi connectivity index (χ2n) is 6.23. The first-order valence-electron chi connectivity index (χ1n) is 8.77. The Bertz CT molecular complexity index is 840. The molecule has 0 saturated carbocycles. The van der Waals surface area contributed by atoms with E-state index >= 15 is 0 Å². The molecule has 0 fully saturated rings. The number of carbonyl (C=O) groups is 1. The van der Waals surface area contributed by atoms with Gasteiger partial charge in [0.15, 0.2) is 11.0 Å². The van der Waals surface area contributed by atoms with E-state index in [4.69, 9.17) is 0 Å². The van der Waals surface area contributed by atoms with Gasteiger partial charge in [0, 0.05) is 6.04 Å². The minimum absolute atomic E-state index is 0.212. The van der Waals surface area contributed by atoms with Crippen LogP contribution in [0.15, 0.2) is 65.8 Å². The molecule has 0 unspecified atom stereocenters. The Kier molecular flexibility index (Phi) is 6.13. The van der Waals surface area contributed by atoms with E-state index in [1.807, 2.05) is 71.5 Å². The van der Waals surface area contributed by atoms with Gasteiger partial charge in [-0.3, -0.25) is 4.90 Å². The zero-order chi connectivity index (χ0) is 19.2. The topological polar surface area (TPSA) is 63.1 Å². The Morgan fingerprint density at radius 2 is 1.59 bits per heavy atom.